The SMILES string of the molecule is CCCCCCCC1CCC(C2CCC3C(CCCC3C(=O)Oc3cc(F)c(C)c(F)c3)C2)CC1. The van der Waals surface area contributed by atoms with Gasteiger partial charge in [0.05, 0.1) is 5.92 Å². The molecule has 4 rings (SSSR count). The van der Waals surface area contributed by atoms with Crippen LogP contribution in [0.25, 0.3) is 0 Å². The predicted molar refractivity (Wildman–Crippen MR) is 137 cm³/mol. The Morgan fingerprint density at radius 3 is 2.26 bits per heavy atom. The maximum atomic E-state index is 13.9. The molecule has 0 spiro atoms. The zero-order valence-corrected chi connectivity index (χ0v) is 22.0. The molecule has 2 nitrogen and oxygen atoms in total. The van der Waals surface area contributed by atoms with E-state index in [2.05, 4.69) is 6.92 Å². The zero-order valence-electron chi connectivity index (χ0n) is 22.0. The van der Waals surface area contributed by atoms with Crippen LogP contribution in [0.1, 0.15) is 115 Å². The summed E-state index contributed by atoms with van der Waals surface area (Å²) in [5, 5.41) is 0. The van der Waals surface area contributed by atoms with Gasteiger partial charge in [0, 0.05) is 17.7 Å². The van der Waals surface area contributed by atoms with Gasteiger partial charge in [-0.05, 0) is 75.0 Å². The Morgan fingerprint density at radius 1 is 0.857 bits per heavy atom. The molecule has 0 aliphatic heterocycles. The maximum absolute atomic E-state index is 13.9. The first-order valence-corrected chi connectivity index (χ1v) is 14.6. The molecule has 3 fully saturated rings. The van der Waals surface area contributed by atoms with E-state index in [0.717, 1.165) is 49.1 Å². The Bertz CT molecular complexity index is 806. The van der Waals surface area contributed by atoms with E-state index in [9.17, 15) is 13.6 Å². The van der Waals surface area contributed by atoms with E-state index in [1.165, 1.54) is 90.4 Å². The molecular weight excluding hydrogens is 442 g/mol. The Labute approximate surface area is 211 Å². The molecule has 0 radical (unpaired) electrons. The number of ether oxygens (including phenoxy) is 1. The molecule has 0 bridgehead atoms. The van der Waals surface area contributed by atoms with E-state index in [1.54, 1.807) is 0 Å². The molecule has 4 unspecified atom stereocenters. The van der Waals surface area contributed by atoms with Crippen molar-refractivity contribution in [2.75, 3.05) is 0 Å². The number of hydrogen-bond acceptors (Lipinski definition) is 2. The third-order valence-corrected chi connectivity index (χ3v) is 9.74. The number of halogens is 2. The van der Waals surface area contributed by atoms with Crippen molar-refractivity contribution >= 4 is 5.97 Å². The van der Waals surface area contributed by atoms with Crippen molar-refractivity contribution < 1.29 is 18.3 Å². The van der Waals surface area contributed by atoms with Crippen molar-refractivity contribution in [3.63, 3.8) is 0 Å². The van der Waals surface area contributed by atoms with Crippen molar-refractivity contribution in [1.82, 2.24) is 0 Å². The summed E-state index contributed by atoms with van der Waals surface area (Å²) in [6.45, 7) is 3.67. The topological polar surface area (TPSA) is 26.3 Å². The third-order valence-electron chi connectivity index (χ3n) is 9.74. The van der Waals surface area contributed by atoms with Gasteiger partial charge in [0.15, 0.2) is 0 Å². The van der Waals surface area contributed by atoms with Crippen LogP contribution in [-0.4, -0.2) is 5.97 Å². The molecule has 1 aromatic carbocycles. The molecule has 1 aromatic rings. The van der Waals surface area contributed by atoms with E-state index >= 15 is 0 Å². The summed E-state index contributed by atoms with van der Waals surface area (Å²) in [5.74, 6) is 1.85. The molecule has 3 aliphatic carbocycles. The van der Waals surface area contributed by atoms with Crippen LogP contribution in [0.15, 0.2) is 12.1 Å². The second-order valence-corrected chi connectivity index (χ2v) is 12.0. The Kier molecular flexibility index (Phi) is 9.64. The summed E-state index contributed by atoms with van der Waals surface area (Å²) in [7, 11) is 0. The van der Waals surface area contributed by atoms with Crippen LogP contribution < -0.4 is 4.74 Å². The fourth-order valence-corrected chi connectivity index (χ4v) is 7.58. The van der Waals surface area contributed by atoms with Crippen molar-refractivity contribution in [3.8, 4) is 5.75 Å². The van der Waals surface area contributed by atoms with Crippen molar-refractivity contribution in [2.24, 2.45) is 35.5 Å². The van der Waals surface area contributed by atoms with E-state index in [0.29, 0.717) is 11.8 Å². The minimum absolute atomic E-state index is 0.00599. The van der Waals surface area contributed by atoms with Crippen LogP contribution in [0.5, 0.6) is 5.75 Å². The van der Waals surface area contributed by atoms with E-state index < -0.39 is 11.6 Å². The van der Waals surface area contributed by atoms with Gasteiger partial charge in [-0.3, -0.25) is 4.79 Å². The predicted octanol–water partition coefficient (Wildman–Crippen LogP) is 9.18. The molecule has 0 amide bonds. The van der Waals surface area contributed by atoms with E-state index in [-0.39, 0.29) is 23.2 Å². The van der Waals surface area contributed by atoms with Crippen LogP contribution in [0.4, 0.5) is 8.78 Å². The molecule has 0 N–H and O–H groups in total. The molecule has 3 aliphatic rings. The van der Waals surface area contributed by atoms with Gasteiger partial charge in [-0.1, -0.05) is 71.1 Å². The van der Waals surface area contributed by atoms with Gasteiger partial charge >= 0.3 is 5.97 Å². The van der Waals surface area contributed by atoms with Gasteiger partial charge in [-0.15, -0.1) is 0 Å². The quantitative estimate of drug-likeness (QED) is 0.197. The highest BCUT2D eigenvalue weighted by Crippen LogP contribution is 2.50. The Morgan fingerprint density at radius 2 is 1.54 bits per heavy atom. The van der Waals surface area contributed by atoms with E-state index in [1.807, 2.05) is 0 Å². The highest BCUT2D eigenvalue weighted by atomic mass is 19.1. The smallest absolute Gasteiger partial charge is 0.314 e. The molecule has 35 heavy (non-hydrogen) atoms. The zero-order chi connectivity index (χ0) is 24.8. The minimum atomic E-state index is -0.666. The second kappa shape index (κ2) is 12.7. The van der Waals surface area contributed by atoms with Crippen LogP contribution in [0.2, 0.25) is 0 Å². The Hall–Kier alpha value is -1.45. The monoisotopic (exact) mass is 488 g/mol. The van der Waals surface area contributed by atoms with Crippen LogP contribution in [0.3, 0.4) is 0 Å². The first kappa shape index (κ1) is 26.6. The van der Waals surface area contributed by atoms with Crippen molar-refractivity contribution in [1.29, 1.82) is 0 Å². The lowest BCUT2D eigenvalue weighted by atomic mass is 9.59. The summed E-state index contributed by atoms with van der Waals surface area (Å²) < 4.78 is 33.3. The second-order valence-electron chi connectivity index (χ2n) is 12.0. The number of carbonyl (C=O) groups is 1. The van der Waals surface area contributed by atoms with Gasteiger partial charge in [-0.2, -0.15) is 0 Å². The average molecular weight is 489 g/mol. The maximum Gasteiger partial charge on any atom is 0.314 e. The average Bonchev–Trinajstić information content (AvgIpc) is 2.86. The number of unbranched alkanes of at least 4 members (excludes halogenated alkanes) is 4. The van der Waals surface area contributed by atoms with Crippen LogP contribution >= 0.6 is 0 Å². The highest BCUT2D eigenvalue weighted by Gasteiger charge is 2.43. The summed E-state index contributed by atoms with van der Waals surface area (Å²) in [6.07, 6.45) is 20.7. The summed E-state index contributed by atoms with van der Waals surface area (Å²) in [4.78, 5) is 13.0. The molecule has 4 atom stereocenters. The van der Waals surface area contributed by atoms with Crippen molar-refractivity contribution in [2.45, 2.75) is 117 Å². The van der Waals surface area contributed by atoms with Gasteiger partial charge in [0.25, 0.3) is 0 Å². The number of hydrogen-bond donors (Lipinski definition) is 0. The van der Waals surface area contributed by atoms with Gasteiger partial charge in [0.2, 0.25) is 0 Å². The minimum Gasteiger partial charge on any atom is -0.426 e. The van der Waals surface area contributed by atoms with Crippen LogP contribution in [-0.2, 0) is 4.79 Å². The number of esters is 1. The first-order chi connectivity index (χ1) is 17.0. The largest absolute Gasteiger partial charge is 0.426 e. The third kappa shape index (κ3) is 6.86. The van der Waals surface area contributed by atoms with Crippen LogP contribution in [0, 0.1) is 54.1 Å². The molecular formula is C31H46F2O2. The highest BCUT2D eigenvalue weighted by molar-refractivity contribution is 5.75. The molecule has 4 heteroatoms. The fraction of sp³-hybridized carbons (Fsp3) is 0.774. The van der Waals surface area contributed by atoms with E-state index in [4.69, 9.17) is 4.74 Å². The summed E-state index contributed by atoms with van der Waals surface area (Å²) in [5.41, 5.74) is -0.0399. The molecule has 3 saturated carbocycles. The fourth-order valence-electron chi connectivity index (χ4n) is 7.58. The standard InChI is InChI=1S/C31H46F2O2/c1-3-4-5-6-7-9-22-12-14-23(15-13-22)24-16-17-27-25(18-24)10-8-11-28(27)31(34)35-26-19-29(32)21(2)30(33)20-26/h19-20,22-25,27-28H,3-18H2,1-2H3. The number of benzene rings is 1. The molecule has 0 saturated heterocycles. The van der Waals surface area contributed by atoms with Gasteiger partial charge < -0.3 is 4.74 Å². The number of fused-ring (bicyclic) bond motifs is 1. The van der Waals surface area contributed by atoms with Gasteiger partial charge in [-0.25, -0.2) is 8.78 Å². The number of carbonyl (C=O) groups excluding carboxylic acids is 1. The summed E-state index contributed by atoms with van der Waals surface area (Å²) >= 11 is 0. The van der Waals surface area contributed by atoms with Crippen molar-refractivity contribution in [3.05, 3.63) is 29.3 Å². The lowest BCUT2D eigenvalue weighted by Gasteiger charge is -2.46. The summed E-state index contributed by atoms with van der Waals surface area (Å²) in [6, 6.07) is 2.27. The lowest BCUT2D eigenvalue weighted by Crippen LogP contribution is -2.40. The molecule has 0 aromatic heterocycles. The van der Waals surface area contributed by atoms with Gasteiger partial charge in [0.1, 0.15) is 17.4 Å². The first-order valence-electron chi connectivity index (χ1n) is 14.6. The Balaban J connectivity index is 1.25. The lowest BCUT2D eigenvalue weighted by molar-refractivity contribution is -0.144. The number of rotatable bonds is 9. The normalized spacial score (nSPS) is 31.1. The molecule has 0 heterocycles. The molecule has 196 valence electrons.